The molecule has 1 fully saturated rings. The molecule has 0 radical (unpaired) electrons. The first kappa shape index (κ1) is 24.6. The highest BCUT2D eigenvalue weighted by Gasteiger charge is 2.35. The Hall–Kier alpha value is -2.72. The van der Waals surface area contributed by atoms with Crippen LogP contribution >= 0.6 is 31.9 Å². The highest BCUT2D eigenvalue weighted by molar-refractivity contribution is 9.10. The smallest absolute Gasteiger partial charge is 0.259 e. The molecule has 9 heteroatoms. The van der Waals surface area contributed by atoms with E-state index in [2.05, 4.69) is 47.1 Å². The zero-order chi connectivity index (χ0) is 25.7. The summed E-state index contributed by atoms with van der Waals surface area (Å²) in [5.74, 6) is -0.834. The van der Waals surface area contributed by atoms with Crippen LogP contribution in [-0.2, 0) is 16.1 Å². The van der Waals surface area contributed by atoms with Crippen molar-refractivity contribution in [1.29, 1.82) is 0 Å². The number of aromatic nitrogens is 2. The predicted molar refractivity (Wildman–Crippen MR) is 152 cm³/mol. The maximum atomic E-state index is 13.2. The van der Waals surface area contributed by atoms with Gasteiger partial charge in [0.05, 0.1) is 17.3 Å². The fraction of sp³-hybridized carbons (Fsp3) is 0.286. The third kappa shape index (κ3) is 4.58. The largest absolute Gasteiger partial charge is 0.390 e. The lowest BCUT2D eigenvalue weighted by Gasteiger charge is -2.28. The van der Waals surface area contributed by atoms with Crippen LogP contribution < -0.4 is 5.32 Å². The predicted octanol–water partition coefficient (Wildman–Crippen LogP) is 5.06. The van der Waals surface area contributed by atoms with Gasteiger partial charge in [0.25, 0.3) is 11.8 Å². The first-order chi connectivity index (χ1) is 17.9. The number of H-pyrrole nitrogens is 1. The van der Waals surface area contributed by atoms with Gasteiger partial charge in [-0.2, -0.15) is 0 Å². The highest BCUT2D eigenvalue weighted by atomic mass is 79.9. The molecular weight excluding hydrogens is 600 g/mol. The molecule has 2 aromatic carbocycles. The summed E-state index contributed by atoms with van der Waals surface area (Å²) in [6.07, 6.45) is 6.71. The van der Waals surface area contributed by atoms with Gasteiger partial charge in [0.1, 0.15) is 0 Å². The number of aliphatic hydroxyl groups is 1. The van der Waals surface area contributed by atoms with Crippen molar-refractivity contribution in [2.24, 2.45) is 0 Å². The number of carbonyl (C=O) groups excluding carboxylic acids is 2. The molecule has 7 nitrogen and oxygen atoms in total. The summed E-state index contributed by atoms with van der Waals surface area (Å²) in [4.78, 5) is 31.9. The van der Waals surface area contributed by atoms with Crippen molar-refractivity contribution in [1.82, 2.24) is 19.8 Å². The summed E-state index contributed by atoms with van der Waals surface area (Å²) >= 11 is 7.08. The van der Waals surface area contributed by atoms with E-state index in [1.165, 1.54) is 19.3 Å². The zero-order valence-corrected chi connectivity index (χ0v) is 23.2. The lowest BCUT2D eigenvalue weighted by molar-refractivity contribution is -0.122. The van der Waals surface area contributed by atoms with Gasteiger partial charge in [-0.3, -0.25) is 14.9 Å². The van der Waals surface area contributed by atoms with Crippen molar-refractivity contribution in [3.63, 3.8) is 0 Å². The van der Waals surface area contributed by atoms with Crippen LogP contribution in [0.2, 0.25) is 0 Å². The number of hydrogen-bond acceptors (Lipinski definition) is 4. The molecular formula is C28H26Br2N4O3. The fourth-order valence-electron chi connectivity index (χ4n) is 5.61. The van der Waals surface area contributed by atoms with Gasteiger partial charge in [-0.25, -0.2) is 0 Å². The summed E-state index contributed by atoms with van der Waals surface area (Å²) in [7, 11) is 0. The Morgan fingerprint density at radius 3 is 2.30 bits per heavy atom. The number of nitrogens with one attached hydrogen (secondary N) is 2. The number of piperidine rings is 1. The number of likely N-dealkylation sites (tertiary alicyclic amines) is 1. The lowest BCUT2D eigenvalue weighted by atomic mass is 9.95. The molecule has 1 atom stereocenters. The summed E-state index contributed by atoms with van der Waals surface area (Å²) in [6, 6.07) is 11.7. The molecule has 190 valence electrons. The van der Waals surface area contributed by atoms with Crippen LogP contribution in [0.15, 0.2) is 57.7 Å². The number of β-amino-alcohol motifs (C(OH)–C–C–N with tert-alkyl or cyclic N) is 1. The quantitative estimate of drug-likeness (QED) is 0.261. The zero-order valence-electron chi connectivity index (χ0n) is 20.1. The third-order valence-corrected chi connectivity index (χ3v) is 8.27. The number of amides is 2. The molecule has 1 unspecified atom stereocenters. The topological polar surface area (TPSA) is 90.4 Å². The number of nitrogens with zero attached hydrogens (tertiary/aromatic N) is 2. The van der Waals surface area contributed by atoms with Crippen LogP contribution in [0.25, 0.3) is 33.0 Å². The second kappa shape index (κ2) is 9.87. The van der Waals surface area contributed by atoms with Gasteiger partial charge in [0.15, 0.2) is 0 Å². The van der Waals surface area contributed by atoms with E-state index in [4.69, 9.17) is 0 Å². The molecule has 37 heavy (non-hydrogen) atoms. The number of benzene rings is 2. The third-order valence-electron chi connectivity index (χ3n) is 7.28. The number of fused-ring (bicyclic) bond motifs is 2. The van der Waals surface area contributed by atoms with Gasteiger partial charge < -0.3 is 19.6 Å². The molecule has 2 aromatic heterocycles. The van der Waals surface area contributed by atoms with Crippen LogP contribution in [0.4, 0.5) is 0 Å². The summed E-state index contributed by atoms with van der Waals surface area (Å²) in [6.45, 7) is 3.04. The van der Waals surface area contributed by atoms with E-state index in [-0.39, 0.29) is 0 Å². The first-order valence-corrected chi connectivity index (χ1v) is 14.0. The molecule has 1 saturated heterocycles. The molecule has 4 heterocycles. The average Bonchev–Trinajstić information content (AvgIpc) is 3.51. The fourth-order valence-corrected chi connectivity index (χ4v) is 6.34. The van der Waals surface area contributed by atoms with Crippen molar-refractivity contribution in [3.8, 4) is 0 Å². The highest BCUT2D eigenvalue weighted by Crippen LogP contribution is 2.39. The molecule has 2 aliphatic rings. The van der Waals surface area contributed by atoms with Gasteiger partial charge in [-0.05, 0) is 62.3 Å². The van der Waals surface area contributed by atoms with Crippen molar-refractivity contribution in [3.05, 3.63) is 68.9 Å². The van der Waals surface area contributed by atoms with Gasteiger partial charge in [-0.15, -0.1) is 0 Å². The van der Waals surface area contributed by atoms with E-state index in [9.17, 15) is 14.7 Å². The van der Waals surface area contributed by atoms with Crippen molar-refractivity contribution < 1.29 is 14.7 Å². The number of halogens is 2. The Kier molecular flexibility index (Phi) is 6.56. The first-order valence-electron chi connectivity index (χ1n) is 12.4. The maximum Gasteiger partial charge on any atom is 0.259 e. The normalized spacial score (nSPS) is 17.8. The van der Waals surface area contributed by atoms with E-state index in [0.717, 1.165) is 43.8 Å². The Morgan fingerprint density at radius 1 is 0.865 bits per heavy atom. The van der Waals surface area contributed by atoms with Crippen LogP contribution in [0.3, 0.4) is 0 Å². The standard InChI is InChI=1S/C28H26Br2N4O3/c29-16-4-6-23-19(10-16)21(12-31-23)25-26(28(37)32-27(25)36)22-15-34(24-7-5-17(30)11-20(22)24)14-18(35)13-33-8-2-1-3-9-33/h4-7,10-12,15,18,31,35H,1-3,8-9,13-14H2,(H,32,36,37). The minimum Gasteiger partial charge on any atom is -0.390 e. The van der Waals surface area contributed by atoms with Gasteiger partial charge in [-0.1, -0.05) is 38.3 Å². The molecule has 0 aliphatic carbocycles. The second-order valence-electron chi connectivity index (χ2n) is 9.80. The number of hydrogen-bond donors (Lipinski definition) is 3. The SMILES string of the molecule is O=C1NC(=O)C(c2cn(CC(O)CN3CCCCC3)c3ccc(Br)cc23)=C1c1c[nH]c2ccc(Br)cc12. The molecule has 4 aromatic rings. The molecule has 6 rings (SSSR count). The molecule has 3 N–H and O–H groups in total. The van der Waals surface area contributed by atoms with Gasteiger partial charge >= 0.3 is 0 Å². The number of imide groups is 1. The molecule has 0 bridgehead atoms. The van der Waals surface area contributed by atoms with E-state index >= 15 is 0 Å². The van der Waals surface area contributed by atoms with Crippen molar-refractivity contribution >= 4 is 76.6 Å². The van der Waals surface area contributed by atoms with Crippen LogP contribution in [-0.4, -0.2) is 57.1 Å². The van der Waals surface area contributed by atoms with Crippen LogP contribution in [0.5, 0.6) is 0 Å². The average molecular weight is 626 g/mol. The van der Waals surface area contributed by atoms with Crippen LogP contribution in [0.1, 0.15) is 30.4 Å². The monoisotopic (exact) mass is 624 g/mol. The van der Waals surface area contributed by atoms with Crippen LogP contribution in [0, 0.1) is 0 Å². The van der Waals surface area contributed by atoms with Crippen molar-refractivity contribution in [2.75, 3.05) is 19.6 Å². The Balaban J connectivity index is 1.47. The van der Waals surface area contributed by atoms with Gasteiger partial charge in [0, 0.05) is 67.4 Å². The Bertz CT molecular complexity index is 1580. The molecule has 2 aliphatic heterocycles. The minimum atomic E-state index is -0.552. The molecule has 0 saturated carbocycles. The lowest BCUT2D eigenvalue weighted by Crippen LogP contribution is -2.37. The number of aromatic amines is 1. The second-order valence-corrected chi connectivity index (χ2v) is 11.6. The maximum absolute atomic E-state index is 13.2. The van der Waals surface area contributed by atoms with E-state index in [1.54, 1.807) is 6.20 Å². The molecule has 0 spiro atoms. The molecule has 2 amide bonds. The van der Waals surface area contributed by atoms with Crippen molar-refractivity contribution in [2.45, 2.75) is 31.9 Å². The van der Waals surface area contributed by atoms with E-state index in [0.29, 0.717) is 35.4 Å². The summed E-state index contributed by atoms with van der Waals surface area (Å²) in [5, 5.41) is 15.2. The number of carbonyl (C=O) groups is 2. The van der Waals surface area contributed by atoms with Gasteiger partial charge in [0.2, 0.25) is 0 Å². The Morgan fingerprint density at radius 2 is 1.54 bits per heavy atom. The van der Waals surface area contributed by atoms with E-state index in [1.807, 2.05) is 47.2 Å². The minimum absolute atomic E-state index is 0.346. The number of rotatable bonds is 6. The number of aliphatic hydroxyl groups excluding tert-OH is 1. The summed E-state index contributed by atoms with van der Waals surface area (Å²) < 4.78 is 3.75. The Labute approximate surface area is 230 Å². The summed E-state index contributed by atoms with van der Waals surface area (Å²) in [5.41, 5.74) is 3.82. The van der Waals surface area contributed by atoms with E-state index < -0.39 is 17.9 Å².